The zero-order valence-electron chi connectivity index (χ0n) is 17.7. The average Bonchev–Trinajstić information content (AvgIpc) is 3.03. The zero-order chi connectivity index (χ0) is 25.2. The maximum absolute atomic E-state index is 15.2. The fourth-order valence-electron chi connectivity index (χ4n) is 3.64. The van der Waals surface area contributed by atoms with Gasteiger partial charge in [-0.25, -0.2) is 22.0 Å². The largest absolute Gasteiger partial charge is 0.490 e. The van der Waals surface area contributed by atoms with Crippen molar-refractivity contribution < 1.29 is 49.8 Å². The smallest absolute Gasteiger partial charge is 0.475 e. The van der Waals surface area contributed by atoms with Gasteiger partial charge in [0.05, 0.1) is 18.0 Å². The van der Waals surface area contributed by atoms with Crippen molar-refractivity contribution in [2.45, 2.75) is 29.0 Å². The number of fused-ring (bicyclic) bond motifs is 1. The van der Waals surface area contributed by atoms with Gasteiger partial charge in [-0.2, -0.15) is 13.2 Å². The molecule has 1 aromatic carbocycles. The van der Waals surface area contributed by atoms with E-state index in [-0.39, 0.29) is 44.2 Å². The molecule has 2 aliphatic heterocycles. The molecule has 0 bridgehead atoms. The number of methoxy groups -OCH3 is 1. The van der Waals surface area contributed by atoms with Crippen LogP contribution in [0.1, 0.15) is 5.56 Å². The lowest BCUT2D eigenvalue weighted by Gasteiger charge is -2.22. The van der Waals surface area contributed by atoms with Crippen LogP contribution in [-0.4, -0.2) is 98.9 Å². The molecule has 0 aliphatic carbocycles. The molecule has 2 fully saturated rings. The molecule has 0 spiro atoms. The summed E-state index contributed by atoms with van der Waals surface area (Å²) in [4.78, 5) is 24.2. The summed E-state index contributed by atoms with van der Waals surface area (Å²) in [5, 5.41) is 7.12. The van der Waals surface area contributed by atoms with Gasteiger partial charge in [0, 0.05) is 39.5 Å². The van der Waals surface area contributed by atoms with E-state index in [1.165, 1.54) is 24.1 Å². The SMILES string of the molecule is COCCN1C[C@@]2(F)CN(Cc3ccc(S(C)(=O)=O)cc3)C[C@@]2(F)C1=O.O=C(O)C(F)(F)F. The normalized spacial score (nSPS) is 25.5. The van der Waals surface area contributed by atoms with Gasteiger partial charge in [-0.15, -0.1) is 0 Å². The summed E-state index contributed by atoms with van der Waals surface area (Å²) < 4.78 is 90.0. The van der Waals surface area contributed by atoms with Crippen molar-refractivity contribution in [3.63, 3.8) is 0 Å². The van der Waals surface area contributed by atoms with Crippen molar-refractivity contribution in [1.82, 2.24) is 9.80 Å². The number of carbonyl (C=O) groups is 2. The van der Waals surface area contributed by atoms with E-state index in [9.17, 15) is 26.4 Å². The minimum atomic E-state index is -5.08. The van der Waals surface area contributed by atoms with E-state index in [4.69, 9.17) is 14.6 Å². The first-order valence-electron chi connectivity index (χ1n) is 9.51. The molecule has 33 heavy (non-hydrogen) atoms. The van der Waals surface area contributed by atoms with Gasteiger partial charge in [0.1, 0.15) is 0 Å². The molecule has 1 amide bonds. The van der Waals surface area contributed by atoms with E-state index in [0.29, 0.717) is 0 Å². The van der Waals surface area contributed by atoms with Gasteiger partial charge in [0.2, 0.25) is 5.67 Å². The highest BCUT2D eigenvalue weighted by Gasteiger charge is 2.70. The van der Waals surface area contributed by atoms with E-state index < -0.39 is 39.2 Å². The van der Waals surface area contributed by atoms with Gasteiger partial charge >= 0.3 is 12.1 Å². The molecule has 0 unspecified atom stereocenters. The second-order valence-corrected chi connectivity index (χ2v) is 9.87. The lowest BCUT2D eigenvalue weighted by Crippen LogP contribution is -2.47. The predicted molar refractivity (Wildman–Crippen MR) is 105 cm³/mol. The number of sulfone groups is 1. The molecule has 1 N–H and O–H groups in total. The van der Waals surface area contributed by atoms with E-state index in [2.05, 4.69) is 0 Å². The number of ether oxygens (including phenoxy) is 1. The third kappa shape index (κ3) is 5.98. The van der Waals surface area contributed by atoms with Gasteiger partial charge in [-0.3, -0.25) is 9.69 Å². The first kappa shape index (κ1) is 26.9. The maximum atomic E-state index is 15.2. The van der Waals surface area contributed by atoms with Crippen LogP contribution in [-0.2, 0) is 30.7 Å². The maximum Gasteiger partial charge on any atom is 0.490 e. The molecular formula is C19H23F5N2O6S. The van der Waals surface area contributed by atoms with Crippen LogP contribution >= 0.6 is 0 Å². The second-order valence-electron chi connectivity index (χ2n) is 7.85. The summed E-state index contributed by atoms with van der Waals surface area (Å²) in [5.74, 6) is -3.58. The topological polar surface area (TPSA) is 104 Å². The fraction of sp³-hybridized carbons (Fsp3) is 0.579. The van der Waals surface area contributed by atoms with E-state index in [1.54, 1.807) is 17.0 Å². The summed E-state index contributed by atoms with van der Waals surface area (Å²) in [6, 6.07) is 6.17. The number of benzene rings is 1. The average molecular weight is 502 g/mol. The Morgan fingerprint density at radius 1 is 1.15 bits per heavy atom. The lowest BCUT2D eigenvalue weighted by molar-refractivity contribution is -0.192. The van der Waals surface area contributed by atoms with Gasteiger partial charge in [-0.1, -0.05) is 12.1 Å². The molecule has 2 aliphatic rings. The van der Waals surface area contributed by atoms with Crippen LogP contribution < -0.4 is 0 Å². The minimum absolute atomic E-state index is 0.166. The summed E-state index contributed by atoms with van der Waals surface area (Å²) in [6.45, 7) is -0.151. The van der Waals surface area contributed by atoms with Crippen molar-refractivity contribution in [2.75, 3.05) is 46.2 Å². The highest BCUT2D eigenvalue weighted by molar-refractivity contribution is 7.90. The van der Waals surface area contributed by atoms with Crippen molar-refractivity contribution in [1.29, 1.82) is 0 Å². The van der Waals surface area contributed by atoms with Crippen LogP contribution in [0.25, 0.3) is 0 Å². The van der Waals surface area contributed by atoms with Crippen molar-refractivity contribution in [2.24, 2.45) is 0 Å². The molecule has 0 saturated carbocycles. The van der Waals surface area contributed by atoms with Gasteiger partial charge in [0.25, 0.3) is 5.91 Å². The first-order chi connectivity index (χ1) is 15.0. The predicted octanol–water partition coefficient (Wildman–Crippen LogP) is 1.44. The Kier molecular flexibility index (Phi) is 7.76. The lowest BCUT2D eigenvalue weighted by atomic mass is 9.93. The summed E-state index contributed by atoms with van der Waals surface area (Å²) in [6.07, 6.45) is -3.97. The van der Waals surface area contributed by atoms with E-state index in [1.807, 2.05) is 0 Å². The number of aliphatic carboxylic acids is 1. The molecule has 14 heteroatoms. The number of nitrogens with zero attached hydrogens (tertiary/aromatic N) is 2. The Hall–Kier alpha value is -2.32. The number of alkyl halides is 5. The number of halogens is 5. The van der Waals surface area contributed by atoms with Crippen molar-refractivity contribution >= 4 is 21.7 Å². The number of likely N-dealkylation sites (tertiary alicyclic amines) is 2. The van der Waals surface area contributed by atoms with Gasteiger partial charge in [-0.05, 0) is 17.7 Å². The van der Waals surface area contributed by atoms with Gasteiger partial charge in [0.15, 0.2) is 15.5 Å². The molecule has 0 aromatic heterocycles. The molecule has 3 rings (SSSR count). The summed E-state index contributed by atoms with van der Waals surface area (Å²) in [7, 11) is -1.83. The number of carboxylic acids is 1. The number of hydrogen-bond acceptors (Lipinski definition) is 6. The van der Waals surface area contributed by atoms with Crippen LogP contribution in [0, 0.1) is 0 Å². The number of amides is 1. The van der Waals surface area contributed by atoms with Crippen LogP contribution in [0.5, 0.6) is 0 Å². The van der Waals surface area contributed by atoms with E-state index in [0.717, 1.165) is 11.8 Å². The first-order valence-corrected chi connectivity index (χ1v) is 11.4. The third-order valence-electron chi connectivity index (χ3n) is 5.26. The Morgan fingerprint density at radius 2 is 1.70 bits per heavy atom. The Balaban J connectivity index is 0.000000479. The molecule has 186 valence electrons. The number of hydrogen-bond donors (Lipinski definition) is 1. The van der Waals surface area contributed by atoms with Crippen LogP contribution in [0.15, 0.2) is 29.2 Å². The molecule has 2 heterocycles. The van der Waals surface area contributed by atoms with Crippen molar-refractivity contribution in [3.05, 3.63) is 29.8 Å². The molecule has 2 saturated heterocycles. The summed E-state index contributed by atoms with van der Waals surface area (Å²) in [5.41, 5.74) is -4.06. The Bertz CT molecular complexity index is 987. The summed E-state index contributed by atoms with van der Waals surface area (Å²) >= 11 is 0. The van der Waals surface area contributed by atoms with Crippen LogP contribution in [0.2, 0.25) is 0 Å². The third-order valence-corrected chi connectivity index (χ3v) is 6.39. The molecule has 2 atom stereocenters. The number of carbonyl (C=O) groups excluding carboxylic acids is 1. The Morgan fingerprint density at radius 3 is 2.12 bits per heavy atom. The molecule has 1 aromatic rings. The number of carboxylic acid groups (broad SMARTS) is 1. The minimum Gasteiger partial charge on any atom is -0.475 e. The second kappa shape index (κ2) is 9.50. The van der Waals surface area contributed by atoms with Crippen LogP contribution in [0.3, 0.4) is 0 Å². The molecule has 8 nitrogen and oxygen atoms in total. The number of rotatable bonds is 6. The standard InChI is InChI=1S/C17H22F2N2O4S.C2HF3O2/c1-25-8-7-21-11-16(18)10-20(12-17(16,19)15(21)22)9-13-3-5-14(6-4-13)26(2,23)24;3-2(4,5)1(6)7/h3-6H,7-12H2,1-2H3;(H,6,7)/t16-,17+;/m0./s1. The highest BCUT2D eigenvalue weighted by Crippen LogP contribution is 2.45. The molecular weight excluding hydrogens is 479 g/mol. The van der Waals surface area contributed by atoms with Crippen molar-refractivity contribution in [3.8, 4) is 0 Å². The molecule has 0 radical (unpaired) electrons. The van der Waals surface area contributed by atoms with Gasteiger partial charge < -0.3 is 14.7 Å². The van der Waals surface area contributed by atoms with Crippen LogP contribution in [0.4, 0.5) is 22.0 Å². The fourth-order valence-corrected chi connectivity index (χ4v) is 4.27. The quantitative estimate of drug-likeness (QED) is 0.588. The van der Waals surface area contributed by atoms with E-state index >= 15 is 8.78 Å². The zero-order valence-corrected chi connectivity index (χ0v) is 18.5. The highest BCUT2D eigenvalue weighted by atomic mass is 32.2. The Labute approximate surface area is 186 Å². The monoisotopic (exact) mass is 502 g/mol.